The van der Waals surface area contributed by atoms with E-state index < -0.39 is 0 Å². The number of halogens is 1. The van der Waals surface area contributed by atoms with Crippen molar-refractivity contribution >= 4 is 15.9 Å². The van der Waals surface area contributed by atoms with Crippen molar-refractivity contribution in [2.24, 2.45) is 11.3 Å². The fraction of sp³-hybridized carbons (Fsp3) is 0.812. The van der Waals surface area contributed by atoms with Crippen LogP contribution >= 0.6 is 15.9 Å². The third-order valence-corrected chi connectivity index (χ3v) is 4.92. The lowest BCUT2D eigenvalue weighted by molar-refractivity contribution is 0.222. The standard InChI is InChI=1S/C16H30BrN3/c1-8-20-14(15(17)12(4)19-20)9-13(16(5,6)7)10-18-11(2)3/h11,13,18H,8-10H2,1-7H3. The van der Waals surface area contributed by atoms with Crippen LogP contribution in [-0.2, 0) is 13.0 Å². The normalized spacial score (nSPS) is 14.1. The second-order valence-electron chi connectivity index (χ2n) is 6.99. The lowest BCUT2D eigenvalue weighted by Gasteiger charge is -2.32. The van der Waals surface area contributed by atoms with E-state index in [2.05, 4.69) is 79.5 Å². The van der Waals surface area contributed by atoms with E-state index in [-0.39, 0.29) is 5.41 Å². The zero-order valence-corrected chi connectivity index (χ0v) is 15.6. The van der Waals surface area contributed by atoms with Crippen LogP contribution in [0.4, 0.5) is 0 Å². The molecular weight excluding hydrogens is 314 g/mol. The van der Waals surface area contributed by atoms with Gasteiger partial charge in [0.15, 0.2) is 0 Å². The SMILES string of the molecule is CCn1nc(C)c(Br)c1CC(CNC(C)C)C(C)(C)C. The van der Waals surface area contributed by atoms with E-state index in [0.717, 1.165) is 25.2 Å². The molecule has 4 heteroatoms. The number of nitrogens with zero attached hydrogens (tertiary/aromatic N) is 2. The van der Waals surface area contributed by atoms with Crippen molar-refractivity contribution in [1.29, 1.82) is 0 Å². The van der Waals surface area contributed by atoms with Crippen molar-refractivity contribution in [2.75, 3.05) is 6.54 Å². The monoisotopic (exact) mass is 343 g/mol. The smallest absolute Gasteiger partial charge is 0.0738 e. The molecule has 1 rings (SSSR count). The summed E-state index contributed by atoms with van der Waals surface area (Å²) >= 11 is 3.71. The molecule has 3 nitrogen and oxygen atoms in total. The average Bonchev–Trinajstić information content (AvgIpc) is 2.59. The maximum Gasteiger partial charge on any atom is 0.0738 e. The Morgan fingerprint density at radius 2 is 1.90 bits per heavy atom. The van der Waals surface area contributed by atoms with Crippen LogP contribution in [-0.4, -0.2) is 22.4 Å². The van der Waals surface area contributed by atoms with Gasteiger partial charge in [0.25, 0.3) is 0 Å². The molecule has 0 aliphatic carbocycles. The summed E-state index contributed by atoms with van der Waals surface area (Å²) in [6, 6.07) is 0.529. The maximum absolute atomic E-state index is 4.61. The van der Waals surface area contributed by atoms with Gasteiger partial charge in [-0.1, -0.05) is 34.6 Å². The van der Waals surface area contributed by atoms with E-state index in [1.54, 1.807) is 0 Å². The molecule has 0 saturated carbocycles. The van der Waals surface area contributed by atoms with Gasteiger partial charge in [0, 0.05) is 12.6 Å². The van der Waals surface area contributed by atoms with Crippen LogP contribution in [0.5, 0.6) is 0 Å². The van der Waals surface area contributed by atoms with E-state index in [1.165, 1.54) is 10.2 Å². The van der Waals surface area contributed by atoms with Gasteiger partial charge in [-0.3, -0.25) is 4.68 Å². The quantitative estimate of drug-likeness (QED) is 0.839. The molecule has 0 spiro atoms. The van der Waals surface area contributed by atoms with Crippen LogP contribution in [0.25, 0.3) is 0 Å². The zero-order valence-electron chi connectivity index (χ0n) is 14.0. The zero-order chi connectivity index (χ0) is 15.5. The summed E-state index contributed by atoms with van der Waals surface area (Å²) < 4.78 is 3.31. The van der Waals surface area contributed by atoms with Gasteiger partial charge >= 0.3 is 0 Å². The van der Waals surface area contributed by atoms with Crippen molar-refractivity contribution < 1.29 is 0 Å². The number of aromatic nitrogens is 2. The highest BCUT2D eigenvalue weighted by Gasteiger charge is 2.27. The fourth-order valence-corrected chi connectivity index (χ4v) is 2.81. The van der Waals surface area contributed by atoms with Crippen molar-refractivity contribution in [3.63, 3.8) is 0 Å². The molecule has 0 aromatic carbocycles. The first-order valence-corrected chi connectivity index (χ1v) is 8.41. The Morgan fingerprint density at radius 1 is 1.30 bits per heavy atom. The second-order valence-corrected chi connectivity index (χ2v) is 7.78. The van der Waals surface area contributed by atoms with E-state index in [1.807, 2.05) is 0 Å². The molecule has 1 N–H and O–H groups in total. The number of nitrogens with one attached hydrogen (secondary N) is 1. The van der Waals surface area contributed by atoms with E-state index in [0.29, 0.717) is 12.0 Å². The van der Waals surface area contributed by atoms with Crippen LogP contribution in [0.1, 0.15) is 52.9 Å². The predicted octanol–water partition coefficient (Wildman–Crippen LogP) is 4.18. The third-order valence-electron chi connectivity index (χ3n) is 3.89. The van der Waals surface area contributed by atoms with E-state index in [4.69, 9.17) is 0 Å². The van der Waals surface area contributed by atoms with Gasteiger partial charge < -0.3 is 5.32 Å². The predicted molar refractivity (Wildman–Crippen MR) is 90.1 cm³/mol. The molecule has 0 saturated heterocycles. The average molecular weight is 344 g/mol. The summed E-state index contributed by atoms with van der Waals surface area (Å²) in [6.45, 7) is 17.6. The molecular formula is C16H30BrN3. The van der Waals surface area contributed by atoms with Crippen LogP contribution in [0, 0.1) is 18.3 Å². The minimum atomic E-state index is 0.276. The Labute approximate surface area is 132 Å². The summed E-state index contributed by atoms with van der Waals surface area (Å²) in [6.07, 6.45) is 1.05. The minimum Gasteiger partial charge on any atom is -0.314 e. The first-order chi connectivity index (χ1) is 9.16. The van der Waals surface area contributed by atoms with Crippen molar-refractivity contribution in [3.8, 4) is 0 Å². The lowest BCUT2D eigenvalue weighted by Crippen LogP contribution is -2.36. The van der Waals surface area contributed by atoms with Crippen LogP contribution in [0.15, 0.2) is 4.47 Å². The minimum absolute atomic E-state index is 0.276. The highest BCUT2D eigenvalue weighted by molar-refractivity contribution is 9.10. The maximum atomic E-state index is 4.61. The molecule has 0 radical (unpaired) electrons. The van der Waals surface area contributed by atoms with Gasteiger partial charge in [-0.15, -0.1) is 0 Å². The van der Waals surface area contributed by atoms with Crippen molar-refractivity contribution in [3.05, 3.63) is 15.9 Å². The summed E-state index contributed by atoms with van der Waals surface area (Å²) in [4.78, 5) is 0. The lowest BCUT2D eigenvalue weighted by atomic mass is 9.78. The second kappa shape index (κ2) is 7.08. The highest BCUT2D eigenvalue weighted by atomic mass is 79.9. The van der Waals surface area contributed by atoms with Crippen molar-refractivity contribution in [1.82, 2.24) is 15.1 Å². The first kappa shape index (κ1) is 17.7. The van der Waals surface area contributed by atoms with Gasteiger partial charge in [0.05, 0.1) is 15.9 Å². The molecule has 1 unspecified atom stereocenters. The summed E-state index contributed by atoms with van der Waals surface area (Å²) in [5.41, 5.74) is 2.69. The molecule has 0 aliphatic rings. The van der Waals surface area contributed by atoms with Crippen LogP contribution in [0.3, 0.4) is 0 Å². The largest absolute Gasteiger partial charge is 0.314 e. The third kappa shape index (κ3) is 4.59. The number of rotatable bonds is 6. The van der Waals surface area contributed by atoms with Gasteiger partial charge in [0.1, 0.15) is 0 Å². The Hall–Kier alpha value is -0.350. The number of hydrogen-bond acceptors (Lipinski definition) is 2. The van der Waals surface area contributed by atoms with Gasteiger partial charge in [-0.05, 0) is 54.1 Å². The van der Waals surface area contributed by atoms with Gasteiger partial charge in [0.2, 0.25) is 0 Å². The Balaban J connectivity index is 2.95. The summed E-state index contributed by atoms with van der Waals surface area (Å²) in [5, 5.41) is 8.20. The van der Waals surface area contributed by atoms with Gasteiger partial charge in [-0.2, -0.15) is 5.10 Å². The number of aryl methyl sites for hydroxylation is 2. The van der Waals surface area contributed by atoms with Crippen molar-refractivity contribution in [2.45, 2.75) is 67.5 Å². The molecule has 1 aromatic heterocycles. The Morgan fingerprint density at radius 3 is 2.35 bits per heavy atom. The molecule has 1 atom stereocenters. The Kier molecular flexibility index (Phi) is 6.26. The molecule has 0 amide bonds. The van der Waals surface area contributed by atoms with Crippen LogP contribution in [0.2, 0.25) is 0 Å². The van der Waals surface area contributed by atoms with Gasteiger partial charge in [-0.25, -0.2) is 0 Å². The molecule has 0 fully saturated rings. The molecule has 0 bridgehead atoms. The van der Waals surface area contributed by atoms with E-state index in [9.17, 15) is 0 Å². The fourth-order valence-electron chi connectivity index (χ4n) is 2.36. The molecule has 1 heterocycles. The number of hydrogen-bond donors (Lipinski definition) is 1. The summed E-state index contributed by atoms with van der Waals surface area (Å²) in [5.74, 6) is 0.586. The topological polar surface area (TPSA) is 29.9 Å². The molecule has 20 heavy (non-hydrogen) atoms. The molecule has 116 valence electrons. The molecule has 0 aliphatic heterocycles. The Bertz CT molecular complexity index is 430. The van der Waals surface area contributed by atoms with E-state index >= 15 is 0 Å². The highest BCUT2D eigenvalue weighted by Crippen LogP contribution is 2.32. The summed E-state index contributed by atoms with van der Waals surface area (Å²) in [7, 11) is 0. The first-order valence-electron chi connectivity index (χ1n) is 7.62. The molecule has 1 aromatic rings. The van der Waals surface area contributed by atoms with Crippen LogP contribution < -0.4 is 5.32 Å².